The van der Waals surface area contributed by atoms with E-state index in [2.05, 4.69) is 63.3 Å². The Balaban J connectivity index is 1.22. The molecule has 1 amide bonds. The molecule has 1 aromatic heterocycles. The largest absolute Gasteiger partial charge is 0.368 e. The molecule has 6 heteroatoms. The molecule has 5 rings (SSSR count). The summed E-state index contributed by atoms with van der Waals surface area (Å²) in [6.45, 7) is 9.11. The summed E-state index contributed by atoms with van der Waals surface area (Å²) in [6.07, 6.45) is 8.16. The minimum Gasteiger partial charge on any atom is -0.368 e. The highest BCUT2D eigenvalue weighted by Gasteiger charge is 2.21. The average Bonchev–Trinajstić information content (AvgIpc) is 3.23. The van der Waals surface area contributed by atoms with Crippen LogP contribution >= 0.6 is 0 Å². The molecular formula is C30H39N5O. The number of benzene rings is 2. The first-order valence-corrected chi connectivity index (χ1v) is 13.6. The monoisotopic (exact) mass is 485 g/mol. The molecular weight excluding hydrogens is 446 g/mol. The van der Waals surface area contributed by atoms with Gasteiger partial charge in [0.1, 0.15) is 5.82 Å². The number of anilines is 2. The smallest absolute Gasteiger partial charge is 0.251 e. The zero-order chi connectivity index (χ0) is 24.7. The molecule has 2 saturated heterocycles. The Bertz CT molecular complexity index is 1130. The van der Waals surface area contributed by atoms with E-state index in [0.717, 1.165) is 49.2 Å². The Hall–Kier alpha value is -3.12. The zero-order valence-electron chi connectivity index (χ0n) is 21.5. The van der Waals surface area contributed by atoms with E-state index in [9.17, 15) is 4.79 Å². The molecule has 2 aliphatic rings. The summed E-state index contributed by atoms with van der Waals surface area (Å²) in [6, 6.07) is 19.1. The Kier molecular flexibility index (Phi) is 8.01. The van der Waals surface area contributed by atoms with Gasteiger partial charge in [-0.05, 0) is 75.0 Å². The quantitative estimate of drug-likeness (QED) is 0.513. The Labute approximate surface area is 215 Å². The fourth-order valence-corrected chi connectivity index (χ4v) is 5.58. The first-order chi connectivity index (χ1) is 17.7. The number of carbonyl (C=O) groups is 1. The molecule has 3 heterocycles. The summed E-state index contributed by atoms with van der Waals surface area (Å²) in [5.74, 6) is 0.980. The molecule has 2 fully saturated rings. The number of nitrogens with one attached hydrogen (secondary N) is 1. The third kappa shape index (κ3) is 5.81. The maximum atomic E-state index is 13.0. The van der Waals surface area contributed by atoms with Gasteiger partial charge in [-0.1, -0.05) is 37.1 Å². The van der Waals surface area contributed by atoms with Crippen LogP contribution in [0.3, 0.4) is 0 Å². The second-order valence-corrected chi connectivity index (χ2v) is 10.2. The Morgan fingerprint density at radius 2 is 1.61 bits per heavy atom. The van der Waals surface area contributed by atoms with Gasteiger partial charge in [-0.3, -0.25) is 4.79 Å². The summed E-state index contributed by atoms with van der Waals surface area (Å²) >= 11 is 0. The van der Waals surface area contributed by atoms with E-state index in [-0.39, 0.29) is 5.91 Å². The molecule has 0 unspecified atom stereocenters. The van der Waals surface area contributed by atoms with Gasteiger partial charge in [-0.25, -0.2) is 4.98 Å². The second-order valence-electron chi connectivity index (χ2n) is 10.2. The van der Waals surface area contributed by atoms with E-state index in [1.165, 1.54) is 44.5 Å². The number of nitrogens with zero attached hydrogens (tertiary/aromatic N) is 4. The topological polar surface area (TPSA) is 51.7 Å². The van der Waals surface area contributed by atoms with Crippen LogP contribution in [0.1, 0.15) is 49.4 Å². The highest BCUT2D eigenvalue weighted by molar-refractivity contribution is 6.01. The predicted molar refractivity (Wildman–Crippen MR) is 149 cm³/mol. The third-order valence-corrected chi connectivity index (χ3v) is 7.82. The zero-order valence-corrected chi connectivity index (χ0v) is 21.5. The van der Waals surface area contributed by atoms with Crippen LogP contribution in [0, 0.1) is 0 Å². The Morgan fingerprint density at radius 1 is 0.889 bits per heavy atom. The number of pyridine rings is 1. The van der Waals surface area contributed by atoms with Crippen molar-refractivity contribution in [1.29, 1.82) is 0 Å². The van der Waals surface area contributed by atoms with Crippen molar-refractivity contribution in [2.24, 2.45) is 0 Å². The van der Waals surface area contributed by atoms with Gasteiger partial charge < -0.3 is 20.0 Å². The van der Waals surface area contributed by atoms with Crippen LogP contribution in [-0.4, -0.2) is 67.6 Å². The second kappa shape index (κ2) is 11.7. The van der Waals surface area contributed by atoms with Gasteiger partial charge in [0, 0.05) is 61.6 Å². The molecule has 0 saturated carbocycles. The van der Waals surface area contributed by atoms with E-state index in [1.54, 1.807) is 0 Å². The molecule has 3 aromatic rings. The fourth-order valence-electron chi connectivity index (χ4n) is 5.58. The lowest BCUT2D eigenvalue weighted by Gasteiger charge is -2.37. The van der Waals surface area contributed by atoms with Gasteiger partial charge in [-0.2, -0.15) is 0 Å². The standard InChI is InChI=1S/C30H39N5O/c1-24(33-17-7-2-3-8-18-33)13-15-32-30(36)26-12-11-25-14-16-31-29(28(25)23-26)35-21-19-34(20-22-35)27-9-5-4-6-10-27/h4-6,9-12,14,16,23-24H,2-3,7-8,13,15,17-22H2,1H3,(H,32,36)/t24-/m1/s1. The van der Waals surface area contributed by atoms with Crippen molar-refractivity contribution in [2.45, 2.75) is 45.1 Å². The van der Waals surface area contributed by atoms with Crippen molar-refractivity contribution < 1.29 is 4.79 Å². The van der Waals surface area contributed by atoms with Crippen LogP contribution in [0.5, 0.6) is 0 Å². The van der Waals surface area contributed by atoms with Crippen molar-refractivity contribution in [1.82, 2.24) is 15.2 Å². The molecule has 36 heavy (non-hydrogen) atoms. The van der Waals surface area contributed by atoms with E-state index < -0.39 is 0 Å². The lowest BCUT2D eigenvalue weighted by atomic mass is 10.1. The van der Waals surface area contributed by atoms with Crippen LogP contribution in [0.4, 0.5) is 11.5 Å². The van der Waals surface area contributed by atoms with Crippen LogP contribution in [-0.2, 0) is 0 Å². The normalized spacial score (nSPS) is 18.1. The molecule has 190 valence electrons. The van der Waals surface area contributed by atoms with Gasteiger partial charge in [-0.15, -0.1) is 0 Å². The van der Waals surface area contributed by atoms with E-state index in [4.69, 9.17) is 4.98 Å². The number of hydrogen-bond acceptors (Lipinski definition) is 5. The third-order valence-electron chi connectivity index (χ3n) is 7.82. The van der Waals surface area contributed by atoms with Crippen molar-refractivity contribution in [3.8, 4) is 0 Å². The molecule has 0 spiro atoms. The predicted octanol–water partition coefficient (Wildman–Crippen LogP) is 4.95. The first kappa shape index (κ1) is 24.6. The number of amides is 1. The fraction of sp³-hybridized carbons (Fsp3) is 0.467. The number of piperazine rings is 1. The lowest BCUT2D eigenvalue weighted by molar-refractivity contribution is 0.0948. The SMILES string of the molecule is C[C@H](CCNC(=O)c1ccc2ccnc(N3CCN(c4ccccc4)CC3)c2c1)N1CCCCCC1. The molecule has 2 aliphatic heterocycles. The van der Waals surface area contributed by atoms with Crippen LogP contribution in [0.15, 0.2) is 60.8 Å². The summed E-state index contributed by atoms with van der Waals surface area (Å²) in [5, 5.41) is 5.34. The van der Waals surface area contributed by atoms with Crippen molar-refractivity contribution in [3.05, 3.63) is 66.4 Å². The van der Waals surface area contributed by atoms with Crippen molar-refractivity contribution >= 4 is 28.2 Å². The summed E-state index contributed by atoms with van der Waals surface area (Å²) < 4.78 is 0. The number of carbonyl (C=O) groups excluding carboxylic acids is 1. The minimum atomic E-state index is 0.00339. The number of hydrogen-bond donors (Lipinski definition) is 1. The van der Waals surface area contributed by atoms with Gasteiger partial charge in [0.15, 0.2) is 0 Å². The average molecular weight is 486 g/mol. The maximum Gasteiger partial charge on any atom is 0.251 e. The van der Waals surface area contributed by atoms with Crippen molar-refractivity contribution in [2.75, 3.05) is 55.6 Å². The van der Waals surface area contributed by atoms with E-state index >= 15 is 0 Å². The molecule has 0 aliphatic carbocycles. The number of para-hydroxylation sites is 1. The van der Waals surface area contributed by atoms with Gasteiger partial charge in [0.05, 0.1) is 0 Å². The number of rotatable bonds is 7. The summed E-state index contributed by atoms with van der Waals surface area (Å²) in [5.41, 5.74) is 1.98. The number of likely N-dealkylation sites (tertiary alicyclic amines) is 1. The van der Waals surface area contributed by atoms with E-state index in [1.807, 2.05) is 24.4 Å². The molecule has 6 nitrogen and oxygen atoms in total. The minimum absolute atomic E-state index is 0.00339. The van der Waals surface area contributed by atoms with Crippen LogP contribution < -0.4 is 15.1 Å². The molecule has 1 N–H and O–H groups in total. The number of fused-ring (bicyclic) bond motifs is 1. The molecule has 1 atom stereocenters. The molecule has 2 aromatic carbocycles. The Morgan fingerprint density at radius 3 is 2.36 bits per heavy atom. The van der Waals surface area contributed by atoms with Crippen molar-refractivity contribution in [3.63, 3.8) is 0 Å². The van der Waals surface area contributed by atoms with E-state index in [0.29, 0.717) is 18.2 Å². The van der Waals surface area contributed by atoms with Crippen LogP contribution in [0.25, 0.3) is 10.8 Å². The highest BCUT2D eigenvalue weighted by Crippen LogP contribution is 2.27. The van der Waals surface area contributed by atoms with Crippen LogP contribution in [0.2, 0.25) is 0 Å². The summed E-state index contributed by atoms with van der Waals surface area (Å²) in [7, 11) is 0. The lowest BCUT2D eigenvalue weighted by Crippen LogP contribution is -2.46. The highest BCUT2D eigenvalue weighted by atomic mass is 16.1. The first-order valence-electron chi connectivity index (χ1n) is 13.6. The van der Waals surface area contributed by atoms with Gasteiger partial charge in [0.2, 0.25) is 0 Å². The molecule has 0 radical (unpaired) electrons. The summed E-state index contributed by atoms with van der Waals surface area (Å²) in [4.78, 5) is 25.1. The molecule has 0 bridgehead atoms. The van der Waals surface area contributed by atoms with Gasteiger partial charge in [0.25, 0.3) is 5.91 Å². The maximum absolute atomic E-state index is 13.0. The number of aromatic nitrogens is 1. The van der Waals surface area contributed by atoms with Gasteiger partial charge >= 0.3 is 0 Å².